The van der Waals surface area contributed by atoms with E-state index in [2.05, 4.69) is 23.3 Å². The van der Waals surface area contributed by atoms with Crippen molar-refractivity contribution in [3.8, 4) is 0 Å². The van der Waals surface area contributed by atoms with E-state index in [9.17, 15) is 0 Å². The molecule has 4 heteroatoms. The molecule has 0 saturated carbocycles. The summed E-state index contributed by atoms with van der Waals surface area (Å²) in [5.41, 5.74) is 0. The van der Waals surface area contributed by atoms with E-state index in [1.54, 1.807) is 0 Å². The van der Waals surface area contributed by atoms with E-state index in [0.29, 0.717) is 0 Å². The maximum Gasteiger partial charge on any atom is 1.00 e. The molecule has 0 fully saturated rings. The summed E-state index contributed by atoms with van der Waals surface area (Å²) in [6.07, 6.45) is 0. The van der Waals surface area contributed by atoms with Crippen molar-refractivity contribution in [1.82, 2.24) is 0 Å². The van der Waals surface area contributed by atoms with Crippen LogP contribution in [-0.2, 0) is 23.3 Å². The van der Waals surface area contributed by atoms with Crippen molar-refractivity contribution in [2.45, 2.75) is 0 Å². The molecule has 0 aromatic heterocycles. The van der Waals surface area contributed by atoms with Gasteiger partial charge in [0.25, 0.3) is 0 Å². The van der Waals surface area contributed by atoms with Gasteiger partial charge in [0.05, 0.1) is 0 Å². The zero-order valence-corrected chi connectivity index (χ0v) is 10.7. The summed E-state index contributed by atoms with van der Waals surface area (Å²) in [5, 5.41) is 0. The van der Waals surface area contributed by atoms with Crippen molar-refractivity contribution in [3.05, 3.63) is 0 Å². The minimum absolute atomic E-state index is 0. The van der Waals surface area contributed by atoms with Gasteiger partial charge in [-0.1, -0.05) is 0 Å². The van der Waals surface area contributed by atoms with E-state index in [1.807, 2.05) is 0 Å². The maximum absolute atomic E-state index is 3.67. The van der Waals surface area contributed by atoms with Crippen LogP contribution in [0.5, 0.6) is 0 Å². The SMILES string of the molecule is [K+].[K+].[S-][S-]. The molecule has 0 aromatic carbocycles. The summed E-state index contributed by atoms with van der Waals surface area (Å²) in [6, 6.07) is 0. The topological polar surface area (TPSA) is 0 Å². The first-order valence-corrected chi connectivity index (χ1v) is 1.50. The Morgan fingerprint density at radius 1 is 0.750 bits per heavy atom. The van der Waals surface area contributed by atoms with E-state index in [0.717, 1.165) is 0 Å². The molecule has 0 nitrogen and oxygen atoms in total. The van der Waals surface area contributed by atoms with E-state index in [-0.39, 0.29) is 103 Å². The van der Waals surface area contributed by atoms with Crippen LogP contribution >= 0.6 is 0 Å². The quantitative estimate of drug-likeness (QED) is 0.188. The maximum atomic E-state index is 3.67. The Bertz CT molecular complexity index is 4.00. The molecule has 0 aromatic rings. The minimum Gasteiger partial charge on any atom is -1.00 e. The second-order valence-corrected chi connectivity index (χ2v) is 0. The largest absolute Gasteiger partial charge is 1.00 e. The van der Waals surface area contributed by atoms with Gasteiger partial charge in [-0.15, -0.1) is 0 Å². The molecule has 0 amide bonds. The summed E-state index contributed by atoms with van der Waals surface area (Å²) >= 11 is 7.33. The predicted octanol–water partition coefficient (Wildman–Crippen LogP) is -6.00. The van der Waals surface area contributed by atoms with E-state index < -0.39 is 0 Å². The fourth-order valence-corrected chi connectivity index (χ4v) is 0. The average molecular weight is 142 g/mol. The second kappa shape index (κ2) is 15.8. The first-order valence-electron chi connectivity index (χ1n) is 0.167. The van der Waals surface area contributed by atoms with Gasteiger partial charge in [0.1, 0.15) is 0 Å². The molecular formula is K2S2. The fraction of sp³-hybridized carbons (Fsp3) is 0. The van der Waals surface area contributed by atoms with Gasteiger partial charge in [-0.25, -0.2) is 0 Å². The Morgan fingerprint density at radius 3 is 0.750 bits per heavy atom. The summed E-state index contributed by atoms with van der Waals surface area (Å²) in [6.45, 7) is 0. The summed E-state index contributed by atoms with van der Waals surface area (Å²) in [5.74, 6) is 0. The van der Waals surface area contributed by atoms with Gasteiger partial charge < -0.3 is 23.3 Å². The van der Waals surface area contributed by atoms with Crippen LogP contribution in [0.3, 0.4) is 0 Å². The standard InChI is InChI=1S/2K.S2/c;;1-2/q2*+1;-2. The van der Waals surface area contributed by atoms with Crippen LogP contribution < -0.4 is 103 Å². The molecule has 0 saturated heterocycles. The van der Waals surface area contributed by atoms with Gasteiger partial charge >= 0.3 is 103 Å². The molecule has 0 aliphatic rings. The summed E-state index contributed by atoms with van der Waals surface area (Å²) in [7, 11) is 0. The molecule has 0 unspecified atom stereocenters. The third kappa shape index (κ3) is 9.36. The smallest absolute Gasteiger partial charge is 1.00 e. The van der Waals surface area contributed by atoms with Crippen LogP contribution in [0.25, 0.3) is 0 Å². The minimum atomic E-state index is 0. The van der Waals surface area contributed by atoms with Crippen molar-refractivity contribution in [2.24, 2.45) is 0 Å². The van der Waals surface area contributed by atoms with Crippen LogP contribution in [0, 0.1) is 0 Å². The Balaban J connectivity index is -0.00000000500. The first-order chi connectivity index (χ1) is 1.00. The first kappa shape index (κ1) is 15.7. The molecule has 0 spiro atoms. The van der Waals surface area contributed by atoms with Crippen molar-refractivity contribution in [3.63, 3.8) is 0 Å². The van der Waals surface area contributed by atoms with E-state index >= 15 is 0 Å². The normalized spacial score (nSPS) is 1.50. The predicted molar refractivity (Wildman–Crippen MR) is 14.7 cm³/mol. The molecule has 0 rings (SSSR count). The average Bonchev–Trinajstić information content (AvgIpc) is 1.00. The molecular weight excluding hydrogens is 142 g/mol. The van der Waals surface area contributed by atoms with Crippen LogP contribution in [0.4, 0.5) is 0 Å². The van der Waals surface area contributed by atoms with E-state index in [1.165, 1.54) is 0 Å². The van der Waals surface area contributed by atoms with Crippen molar-refractivity contribution in [2.75, 3.05) is 0 Å². The van der Waals surface area contributed by atoms with Gasteiger partial charge in [-0.3, -0.25) is 0 Å². The zero-order valence-electron chi connectivity index (χ0n) is 2.82. The Kier molecular flexibility index (Phi) is 61.8. The van der Waals surface area contributed by atoms with Crippen LogP contribution in [0.15, 0.2) is 0 Å². The second-order valence-electron chi connectivity index (χ2n) is 0. The fourth-order valence-electron chi connectivity index (χ4n) is 0. The third-order valence-electron chi connectivity index (χ3n) is 0. The van der Waals surface area contributed by atoms with Crippen LogP contribution in [0.1, 0.15) is 0 Å². The molecule has 14 valence electrons. The molecule has 0 radical (unpaired) electrons. The Labute approximate surface area is 122 Å². The van der Waals surface area contributed by atoms with Gasteiger partial charge in [0.2, 0.25) is 0 Å². The monoisotopic (exact) mass is 142 g/mol. The Morgan fingerprint density at radius 2 is 0.750 bits per heavy atom. The molecule has 0 aliphatic heterocycles. The Hall–Kier alpha value is 3.97. The molecule has 0 N–H and O–H groups in total. The van der Waals surface area contributed by atoms with Crippen molar-refractivity contribution >= 4 is 23.3 Å². The molecule has 0 bridgehead atoms. The van der Waals surface area contributed by atoms with Gasteiger partial charge in [0.15, 0.2) is 0 Å². The molecule has 0 atom stereocenters. The summed E-state index contributed by atoms with van der Waals surface area (Å²) < 4.78 is 0. The zero-order chi connectivity index (χ0) is 2.00. The van der Waals surface area contributed by atoms with Crippen LogP contribution in [0.2, 0.25) is 0 Å². The number of hydrogen-bond donors (Lipinski definition) is 0. The van der Waals surface area contributed by atoms with E-state index in [4.69, 9.17) is 0 Å². The molecule has 4 heavy (non-hydrogen) atoms. The third-order valence-corrected chi connectivity index (χ3v) is 0. The van der Waals surface area contributed by atoms with Crippen LogP contribution in [-0.4, -0.2) is 0 Å². The van der Waals surface area contributed by atoms with Gasteiger partial charge in [-0.05, 0) is 0 Å². The molecule has 0 heterocycles. The van der Waals surface area contributed by atoms with Crippen molar-refractivity contribution < 1.29 is 103 Å². The number of hydrogen-bond acceptors (Lipinski definition) is 2. The van der Waals surface area contributed by atoms with Gasteiger partial charge in [0, 0.05) is 0 Å². The van der Waals surface area contributed by atoms with Gasteiger partial charge in [-0.2, -0.15) is 0 Å². The number of rotatable bonds is 0. The summed E-state index contributed by atoms with van der Waals surface area (Å²) in [4.78, 5) is 0. The van der Waals surface area contributed by atoms with Crippen molar-refractivity contribution in [1.29, 1.82) is 0 Å². The molecule has 0 aliphatic carbocycles.